The van der Waals surface area contributed by atoms with Crippen LogP contribution in [-0.2, 0) is 17.9 Å². The van der Waals surface area contributed by atoms with Crippen molar-refractivity contribution in [3.05, 3.63) is 101 Å². The third kappa shape index (κ3) is 3.61. The highest BCUT2D eigenvalue weighted by atomic mass is 16.2. The molecule has 0 radical (unpaired) electrons. The highest BCUT2D eigenvalue weighted by Crippen LogP contribution is 2.31. The summed E-state index contributed by atoms with van der Waals surface area (Å²) >= 11 is 0. The molecule has 1 amide bonds. The van der Waals surface area contributed by atoms with Crippen molar-refractivity contribution in [1.29, 1.82) is 0 Å². The molecule has 1 atom stereocenters. The topological polar surface area (TPSA) is 38.1 Å². The van der Waals surface area contributed by atoms with Crippen molar-refractivity contribution >= 4 is 16.9 Å². The Labute approximate surface area is 176 Å². The molecule has 1 fully saturated rings. The van der Waals surface area contributed by atoms with Crippen LogP contribution < -0.4 is 0 Å². The van der Waals surface area contributed by atoms with Crippen LogP contribution in [0.1, 0.15) is 34.9 Å². The summed E-state index contributed by atoms with van der Waals surface area (Å²) in [6, 6.07) is 27.1. The number of aryl methyl sites for hydroxylation is 1. The third-order valence-electron chi connectivity index (χ3n) is 5.90. The average Bonchev–Trinajstić information content (AvgIpc) is 3.30. The first-order valence-electron chi connectivity index (χ1n) is 10.5. The Morgan fingerprint density at radius 3 is 2.50 bits per heavy atom. The SMILES string of the molecule is Cc1cccc(Cn2c([C@H]3CC(=O)N(Cc4ccccc4)C3)nc3ccccc32)c1. The van der Waals surface area contributed by atoms with E-state index in [9.17, 15) is 4.79 Å². The van der Waals surface area contributed by atoms with E-state index in [1.54, 1.807) is 0 Å². The van der Waals surface area contributed by atoms with Crippen molar-refractivity contribution in [2.24, 2.45) is 0 Å². The first kappa shape index (κ1) is 18.6. The van der Waals surface area contributed by atoms with Gasteiger partial charge >= 0.3 is 0 Å². The molecule has 0 spiro atoms. The van der Waals surface area contributed by atoms with Gasteiger partial charge in [-0.2, -0.15) is 0 Å². The Hall–Kier alpha value is -3.40. The molecule has 0 N–H and O–H groups in total. The Balaban J connectivity index is 1.47. The lowest BCUT2D eigenvalue weighted by Gasteiger charge is -2.17. The maximum absolute atomic E-state index is 12.8. The second-order valence-electron chi connectivity index (χ2n) is 8.19. The second-order valence-corrected chi connectivity index (χ2v) is 8.19. The number of benzene rings is 3. The fraction of sp³-hybridized carbons (Fsp3) is 0.231. The number of likely N-dealkylation sites (tertiary alicyclic amines) is 1. The Morgan fingerprint density at radius 2 is 1.67 bits per heavy atom. The molecular formula is C26H25N3O. The van der Waals surface area contributed by atoms with Crippen LogP contribution in [0.25, 0.3) is 11.0 Å². The first-order valence-corrected chi connectivity index (χ1v) is 10.5. The van der Waals surface area contributed by atoms with Crippen LogP contribution in [0, 0.1) is 6.92 Å². The molecule has 1 aliphatic rings. The molecule has 1 saturated heterocycles. The molecule has 0 unspecified atom stereocenters. The van der Waals surface area contributed by atoms with Crippen molar-refractivity contribution < 1.29 is 4.79 Å². The van der Waals surface area contributed by atoms with E-state index in [0.717, 1.165) is 23.4 Å². The van der Waals surface area contributed by atoms with Crippen molar-refractivity contribution in [2.45, 2.75) is 32.4 Å². The lowest BCUT2D eigenvalue weighted by Crippen LogP contribution is -2.24. The molecular weight excluding hydrogens is 370 g/mol. The summed E-state index contributed by atoms with van der Waals surface area (Å²) in [6.45, 7) is 4.26. The average molecular weight is 396 g/mol. The molecule has 4 nitrogen and oxygen atoms in total. The molecule has 4 aromatic rings. The first-order chi connectivity index (χ1) is 14.7. The number of aromatic nitrogens is 2. The molecule has 4 heteroatoms. The quantitative estimate of drug-likeness (QED) is 0.482. The number of para-hydroxylation sites is 2. The number of carbonyl (C=O) groups is 1. The van der Waals surface area contributed by atoms with Crippen LogP contribution >= 0.6 is 0 Å². The van der Waals surface area contributed by atoms with E-state index in [0.29, 0.717) is 19.5 Å². The second kappa shape index (κ2) is 7.79. The molecule has 0 saturated carbocycles. The number of carbonyl (C=O) groups excluding carboxylic acids is 1. The number of fused-ring (bicyclic) bond motifs is 1. The van der Waals surface area contributed by atoms with Gasteiger partial charge in [-0.1, -0.05) is 72.3 Å². The minimum Gasteiger partial charge on any atom is -0.338 e. The molecule has 150 valence electrons. The van der Waals surface area contributed by atoms with Crippen molar-refractivity contribution in [3.8, 4) is 0 Å². The smallest absolute Gasteiger partial charge is 0.223 e. The van der Waals surface area contributed by atoms with Crippen LogP contribution in [0.3, 0.4) is 0 Å². The highest BCUT2D eigenvalue weighted by molar-refractivity contribution is 5.81. The number of nitrogens with zero attached hydrogens (tertiary/aromatic N) is 3. The zero-order valence-electron chi connectivity index (χ0n) is 17.2. The van der Waals surface area contributed by atoms with E-state index in [1.807, 2.05) is 29.2 Å². The summed E-state index contributed by atoms with van der Waals surface area (Å²) in [6.07, 6.45) is 0.518. The van der Waals surface area contributed by atoms with E-state index >= 15 is 0 Å². The lowest BCUT2D eigenvalue weighted by atomic mass is 10.1. The van der Waals surface area contributed by atoms with Crippen LogP contribution in [0.4, 0.5) is 0 Å². The molecule has 2 heterocycles. The summed E-state index contributed by atoms with van der Waals surface area (Å²) in [4.78, 5) is 19.7. The van der Waals surface area contributed by atoms with Gasteiger partial charge in [-0.3, -0.25) is 4.79 Å². The van der Waals surface area contributed by atoms with E-state index in [4.69, 9.17) is 4.98 Å². The van der Waals surface area contributed by atoms with E-state index in [2.05, 4.69) is 66.1 Å². The minimum atomic E-state index is 0.110. The van der Waals surface area contributed by atoms with Gasteiger partial charge in [-0.05, 0) is 30.2 Å². The van der Waals surface area contributed by atoms with Gasteiger partial charge in [-0.25, -0.2) is 4.98 Å². The predicted molar refractivity (Wildman–Crippen MR) is 119 cm³/mol. The number of hydrogen-bond acceptors (Lipinski definition) is 2. The van der Waals surface area contributed by atoms with Gasteiger partial charge in [-0.15, -0.1) is 0 Å². The standard InChI is InChI=1S/C26H25N3O/c1-19-8-7-11-21(14-19)17-29-24-13-6-5-12-23(24)27-26(29)22-15-25(30)28(18-22)16-20-9-3-2-4-10-20/h2-14,22H,15-18H2,1H3/t22-/m0/s1. The Kier molecular flexibility index (Phi) is 4.83. The van der Waals surface area contributed by atoms with E-state index < -0.39 is 0 Å². The van der Waals surface area contributed by atoms with Gasteiger partial charge < -0.3 is 9.47 Å². The van der Waals surface area contributed by atoms with E-state index in [1.165, 1.54) is 16.7 Å². The zero-order chi connectivity index (χ0) is 20.5. The van der Waals surface area contributed by atoms with Crippen LogP contribution in [0.5, 0.6) is 0 Å². The van der Waals surface area contributed by atoms with Gasteiger partial charge in [0.15, 0.2) is 0 Å². The van der Waals surface area contributed by atoms with Gasteiger partial charge in [0.05, 0.1) is 11.0 Å². The summed E-state index contributed by atoms with van der Waals surface area (Å²) in [7, 11) is 0. The largest absolute Gasteiger partial charge is 0.338 e. The summed E-state index contributed by atoms with van der Waals surface area (Å²) in [5.74, 6) is 1.33. The van der Waals surface area contributed by atoms with Gasteiger partial charge in [0.2, 0.25) is 5.91 Å². The minimum absolute atomic E-state index is 0.110. The maximum atomic E-state index is 12.8. The number of hydrogen-bond donors (Lipinski definition) is 0. The molecule has 30 heavy (non-hydrogen) atoms. The van der Waals surface area contributed by atoms with Crippen molar-refractivity contribution in [2.75, 3.05) is 6.54 Å². The van der Waals surface area contributed by atoms with Crippen LogP contribution in [0.15, 0.2) is 78.9 Å². The van der Waals surface area contributed by atoms with Gasteiger partial charge in [0.25, 0.3) is 0 Å². The number of imidazole rings is 1. The van der Waals surface area contributed by atoms with Crippen molar-refractivity contribution in [3.63, 3.8) is 0 Å². The van der Waals surface area contributed by atoms with Crippen LogP contribution in [0.2, 0.25) is 0 Å². The van der Waals surface area contributed by atoms with E-state index in [-0.39, 0.29) is 11.8 Å². The summed E-state index contributed by atoms with van der Waals surface area (Å²) in [5, 5.41) is 0. The zero-order valence-corrected chi connectivity index (χ0v) is 17.2. The monoisotopic (exact) mass is 395 g/mol. The molecule has 0 aliphatic carbocycles. The molecule has 5 rings (SSSR count). The molecule has 3 aromatic carbocycles. The maximum Gasteiger partial charge on any atom is 0.223 e. The lowest BCUT2D eigenvalue weighted by molar-refractivity contribution is -0.128. The molecule has 1 aliphatic heterocycles. The van der Waals surface area contributed by atoms with Crippen molar-refractivity contribution in [1.82, 2.24) is 14.5 Å². The normalized spacial score (nSPS) is 16.5. The summed E-state index contributed by atoms with van der Waals surface area (Å²) in [5.41, 5.74) is 5.80. The molecule has 1 aromatic heterocycles. The fourth-order valence-electron chi connectivity index (χ4n) is 4.47. The fourth-order valence-corrected chi connectivity index (χ4v) is 4.47. The molecule has 0 bridgehead atoms. The summed E-state index contributed by atoms with van der Waals surface area (Å²) < 4.78 is 2.30. The van der Waals surface area contributed by atoms with Gasteiger partial charge in [0, 0.05) is 32.0 Å². The third-order valence-corrected chi connectivity index (χ3v) is 5.90. The number of amides is 1. The van der Waals surface area contributed by atoms with Gasteiger partial charge in [0.1, 0.15) is 5.82 Å². The van der Waals surface area contributed by atoms with Crippen LogP contribution in [-0.4, -0.2) is 26.9 Å². The predicted octanol–water partition coefficient (Wildman–Crippen LogP) is 4.91. The number of rotatable bonds is 5. The Bertz CT molecular complexity index is 1200. The Morgan fingerprint density at radius 1 is 0.900 bits per heavy atom. The highest BCUT2D eigenvalue weighted by Gasteiger charge is 2.34.